The Morgan fingerprint density at radius 3 is 2.67 bits per heavy atom. The van der Waals surface area contributed by atoms with E-state index in [1.54, 1.807) is 18.2 Å². The van der Waals surface area contributed by atoms with Crippen LogP contribution < -0.4 is 0 Å². The summed E-state index contributed by atoms with van der Waals surface area (Å²) in [6, 6.07) is 4.98. The molecule has 0 unspecified atom stereocenters. The first-order valence-corrected chi connectivity index (χ1v) is 5.63. The van der Waals surface area contributed by atoms with E-state index in [0.717, 1.165) is 24.8 Å². The van der Waals surface area contributed by atoms with E-state index in [1.807, 2.05) is 6.08 Å². The third-order valence-corrected chi connectivity index (χ3v) is 3.06. The number of ketones is 1. The van der Waals surface area contributed by atoms with E-state index in [1.165, 1.54) is 0 Å². The van der Waals surface area contributed by atoms with Crippen molar-refractivity contribution in [3.8, 4) is 0 Å². The normalized spacial score (nSPS) is 15.2. The zero-order valence-electron chi connectivity index (χ0n) is 8.09. The lowest BCUT2D eigenvalue weighted by molar-refractivity contribution is 0.103. The molecule has 0 radical (unpaired) electrons. The average molecular weight is 241 g/mol. The highest BCUT2D eigenvalue weighted by atomic mass is 35.5. The van der Waals surface area contributed by atoms with Gasteiger partial charge in [-0.05, 0) is 43.0 Å². The second-order valence-corrected chi connectivity index (χ2v) is 4.42. The third kappa shape index (κ3) is 2.24. The van der Waals surface area contributed by atoms with Gasteiger partial charge in [-0.25, -0.2) is 0 Å². The second kappa shape index (κ2) is 4.38. The largest absolute Gasteiger partial charge is 0.289 e. The Morgan fingerprint density at radius 2 is 2.07 bits per heavy atom. The van der Waals surface area contributed by atoms with Gasteiger partial charge in [-0.3, -0.25) is 4.79 Å². The number of rotatable bonds is 2. The Balaban J connectivity index is 2.33. The van der Waals surface area contributed by atoms with Crippen molar-refractivity contribution in [2.24, 2.45) is 0 Å². The van der Waals surface area contributed by atoms with Crippen molar-refractivity contribution in [1.29, 1.82) is 0 Å². The summed E-state index contributed by atoms with van der Waals surface area (Å²) >= 11 is 11.7. The molecular weight excluding hydrogens is 231 g/mol. The van der Waals surface area contributed by atoms with E-state index < -0.39 is 0 Å². The lowest BCUT2D eigenvalue weighted by Crippen LogP contribution is -2.02. The molecule has 0 amide bonds. The van der Waals surface area contributed by atoms with Gasteiger partial charge >= 0.3 is 0 Å². The monoisotopic (exact) mass is 240 g/mol. The summed E-state index contributed by atoms with van der Waals surface area (Å²) in [7, 11) is 0. The summed E-state index contributed by atoms with van der Waals surface area (Å²) in [5.74, 6) is 0.0363. The summed E-state index contributed by atoms with van der Waals surface area (Å²) in [6.07, 6.45) is 4.91. The molecule has 0 atom stereocenters. The molecule has 1 aromatic carbocycles. The second-order valence-electron chi connectivity index (χ2n) is 3.57. The Labute approximate surface area is 98.7 Å². The molecule has 0 saturated heterocycles. The van der Waals surface area contributed by atoms with Crippen LogP contribution in [0.15, 0.2) is 29.8 Å². The molecule has 0 aromatic heterocycles. The van der Waals surface area contributed by atoms with Crippen molar-refractivity contribution in [2.45, 2.75) is 19.3 Å². The molecule has 1 aromatic rings. The summed E-state index contributed by atoms with van der Waals surface area (Å²) in [6.45, 7) is 0. The van der Waals surface area contributed by atoms with Crippen LogP contribution in [-0.4, -0.2) is 5.78 Å². The van der Waals surface area contributed by atoms with Crippen LogP contribution in [0.3, 0.4) is 0 Å². The van der Waals surface area contributed by atoms with Crippen LogP contribution >= 0.6 is 23.2 Å². The first-order valence-electron chi connectivity index (χ1n) is 4.87. The number of hydrogen-bond acceptors (Lipinski definition) is 1. The molecule has 3 heteroatoms. The van der Waals surface area contributed by atoms with Gasteiger partial charge in [-0.1, -0.05) is 29.3 Å². The predicted molar refractivity (Wildman–Crippen MR) is 62.7 cm³/mol. The lowest BCUT2D eigenvalue weighted by Gasteiger charge is -2.04. The summed E-state index contributed by atoms with van der Waals surface area (Å²) in [4.78, 5) is 12.0. The van der Waals surface area contributed by atoms with Crippen LogP contribution in [-0.2, 0) is 0 Å². The van der Waals surface area contributed by atoms with E-state index in [0.29, 0.717) is 15.6 Å². The number of Topliss-reactive ketones (excluding diaryl/α,β-unsaturated/α-hetero) is 1. The molecule has 1 aliphatic carbocycles. The molecule has 78 valence electrons. The van der Waals surface area contributed by atoms with Crippen LogP contribution in [0, 0.1) is 0 Å². The van der Waals surface area contributed by atoms with E-state index >= 15 is 0 Å². The fraction of sp³-hybridized carbons (Fsp3) is 0.250. The number of carbonyl (C=O) groups is 1. The van der Waals surface area contributed by atoms with Crippen LogP contribution in [0.2, 0.25) is 10.0 Å². The van der Waals surface area contributed by atoms with Crippen molar-refractivity contribution >= 4 is 29.0 Å². The van der Waals surface area contributed by atoms with Crippen molar-refractivity contribution in [2.75, 3.05) is 0 Å². The molecule has 0 N–H and O–H groups in total. The highest BCUT2D eigenvalue weighted by molar-refractivity contribution is 6.37. The van der Waals surface area contributed by atoms with E-state index in [4.69, 9.17) is 23.2 Å². The van der Waals surface area contributed by atoms with Crippen molar-refractivity contribution in [3.05, 3.63) is 45.5 Å². The number of hydrogen-bond donors (Lipinski definition) is 0. The smallest absolute Gasteiger partial charge is 0.190 e. The van der Waals surface area contributed by atoms with Crippen molar-refractivity contribution < 1.29 is 4.79 Å². The number of allylic oxidation sites excluding steroid dienone is 2. The molecule has 0 fully saturated rings. The SMILES string of the molecule is O=C(C1=CCCC1)c1ccc(Cl)cc1Cl. The van der Waals surface area contributed by atoms with E-state index in [-0.39, 0.29) is 5.78 Å². The van der Waals surface area contributed by atoms with Crippen LogP contribution in [0.25, 0.3) is 0 Å². The van der Waals surface area contributed by atoms with Gasteiger partial charge in [-0.15, -0.1) is 0 Å². The Morgan fingerprint density at radius 1 is 1.27 bits per heavy atom. The van der Waals surface area contributed by atoms with Gasteiger partial charge in [0.25, 0.3) is 0 Å². The number of benzene rings is 1. The van der Waals surface area contributed by atoms with E-state index in [2.05, 4.69) is 0 Å². The van der Waals surface area contributed by atoms with Gasteiger partial charge in [0.1, 0.15) is 0 Å². The maximum absolute atomic E-state index is 12.0. The zero-order valence-corrected chi connectivity index (χ0v) is 9.61. The van der Waals surface area contributed by atoms with Crippen molar-refractivity contribution in [3.63, 3.8) is 0 Å². The fourth-order valence-corrected chi connectivity index (χ4v) is 2.22. The minimum atomic E-state index is 0.0363. The maximum atomic E-state index is 12.0. The summed E-state index contributed by atoms with van der Waals surface area (Å²) in [5.41, 5.74) is 1.42. The quantitative estimate of drug-likeness (QED) is 0.706. The Bertz CT molecular complexity index is 435. The first-order chi connectivity index (χ1) is 7.18. The molecule has 1 nitrogen and oxygen atoms in total. The molecule has 0 heterocycles. The van der Waals surface area contributed by atoms with Crippen LogP contribution in [0.1, 0.15) is 29.6 Å². The lowest BCUT2D eigenvalue weighted by atomic mass is 10.0. The number of halogens is 2. The fourth-order valence-electron chi connectivity index (χ4n) is 1.72. The first kappa shape index (κ1) is 10.7. The van der Waals surface area contributed by atoms with Gasteiger partial charge in [0, 0.05) is 10.6 Å². The minimum absolute atomic E-state index is 0.0363. The van der Waals surface area contributed by atoms with Crippen molar-refractivity contribution in [1.82, 2.24) is 0 Å². The van der Waals surface area contributed by atoms with Gasteiger partial charge in [0.05, 0.1) is 5.02 Å². The highest BCUT2D eigenvalue weighted by Gasteiger charge is 2.17. The molecular formula is C12H10Cl2O. The highest BCUT2D eigenvalue weighted by Crippen LogP contribution is 2.27. The van der Waals surface area contributed by atoms with E-state index in [9.17, 15) is 4.79 Å². The summed E-state index contributed by atoms with van der Waals surface area (Å²) < 4.78 is 0. The molecule has 1 aliphatic rings. The molecule has 0 spiro atoms. The molecule has 0 bridgehead atoms. The van der Waals surface area contributed by atoms with Gasteiger partial charge < -0.3 is 0 Å². The maximum Gasteiger partial charge on any atom is 0.190 e. The Kier molecular flexibility index (Phi) is 3.13. The molecule has 0 aliphatic heterocycles. The van der Waals surface area contributed by atoms with Gasteiger partial charge in [0.15, 0.2) is 5.78 Å². The topological polar surface area (TPSA) is 17.1 Å². The number of carbonyl (C=O) groups excluding carboxylic acids is 1. The standard InChI is InChI=1S/C12H10Cl2O/c13-9-5-6-10(11(14)7-9)12(15)8-3-1-2-4-8/h3,5-7H,1-2,4H2. The molecule has 2 rings (SSSR count). The van der Waals surface area contributed by atoms with Crippen LogP contribution in [0.4, 0.5) is 0 Å². The van der Waals surface area contributed by atoms with Gasteiger partial charge in [-0.2, -0.15) is 0 Å². The average Bonchev–Trinajstić information content (AvgIpc) is 2.69. The zero-order chi connectivity index (χ0) is 10.8. The van der Waals surface area contributed by atoms with Gasteiger partial charge in [0.2, 0.25) is 0 Å². The molecule has 0 saturated carbocycles. The molecule has 15 heavy (non-hydrogen) atoms. The summed E-state index contributed by atoms with van der Waals surface area (Å²) in [5, 5.41) is 0.984. The van der Waals surface area contributed by atoms with Crippen LogP contribution in [0.5, 0.6) is 0 Å². The minimum Gasteiger partial charge on any atom is -0.289 e. The third-order valence-electron chi connectivity index (χ3n) is 2.51. The Hall–Kier alpha value is -0.790. The predicted octanol–water partition coefficient (Wildman–Crippen LogP) is 4.29.